The van der Waals surface area contributed by atoms with Gasteiger partial charge in [0.25, 0.3) is 0 Å². The van der Waals surface area contributed by atoms with Gasteiger partial charge in [-0.2, -0.15) is 23.1 Å². The fourth-order valence-electron chi connectivity index (χ4n) is 3.78. The number of carboxylic acids is 1. The zero-order valence-corrected chi connectivity index (χ0v) is 26.9. The molecule has 0 atom stereocenters. The van der Waals surface area contributed by atoms with Gasteiger partial charge in [-0.05, 0) is 53.6 Å². The van der Waals surface area contributed by atoms with Crippen LogP contribution in [0.4, 0.5) is 13.2 Å². The minimum absolute atomic E-state index is 0.148. The Hall–Kier alpha value is -5.87. The van der Waals surface area contributed by atoms with Crippen LogP contribution in [-0.2, 0) is 4.79 Å². The first kappa shape index (κ1) is 38.3. The summed E-state index contributed by atoms with van der Waals surface area (Å²) in [5, 5.41) is 17.1. The van der Waals surface area contributed by atoms with E-state index in [1.807, 2.05) is 54.6 Å². The summed E-state index contributed by atoms with van der Waals surface area (Å²) in [6.07, 6.45) is 2.28. The Morgan fingerprint density at radius 1 is 0.771 bits per heavy atom. The highest BCUT2D eigenvalue weighted by molar-refractivity contribution is 5.75. The number of nitrogens with zero attached hydrogens (tertiary/aromatic N) is 2. The Labute approximate surface area is 274 Å². The van der Waals surface area contributed by atoms with Crippen LogP contribution in [0, 0.1) is 5.41 Å². The highest BCUT2D eigenvalue weighted by Gasteiger charge is 2.38. The molecule has 0 saturated heterocycles. The molecule has 0 radical (unpaired) electrons. The molecule has 3 aromatic rings. The van der Waals surface area contributed by atoms with Gasteiger partial charge in [0.05, 0.1) is 60.6 Å². The van der Waals surface area contributed by atoms with Gasteiger partial charge in [0, 0.05) is 0 Å². The number of methoxy groups -OCH3 is 6. The van der Waals surface area contributed by atoms with Gasteiger partial charge in [0.2, 0.25) is 11.5 Å². The maximum atomic E-state index is 10.6. The van der Waals surface area contributed by atoms with E-state index in [1.54, 1.807) is 42.7 Å². The quantitative estimate of drug-likeness (QED) is 0.107. The molecule has 48 heavy (non-hydrogen) atoms. The molecule has 0 aliphatic rings. The predicted octanol–water partition coefficient (Wildman–Crippen LogP) is 4.36. The first-order valence-corrected chi connectivity index (χ1v) is 13.7. The van der Waals surface area contributed by atoms with Crippen molar-refractivity contribution < 1.29 is 56.2 Å². The number of hydrogen-bond donors (Lipinski definition) is 4. The Bertz CT molecular complexity index is 1470. The van der Waals surface area contributed by atoms with Crippen LogP contribution in [0.3, 0.4) is 0 Å². The average molecular weight is 680 g/mol. The lowest BCUT2D eigenvalue weighted by molar-refractivity contribution is -0.192. The normalized spacial score (nSPS) is 10.9. The van der Waals surface area contributed by atoms with Crippen molar-refractivity contribution in [3.8, 4) is 40.5 Å². The van der Waals surface area contributed by atoms with Gasteiger partial charge in [-0.3, -0.25) is 5.41 Å². The zero-order valence-electron chi connectivity index (χ0n) is 26.9. The second-order valence-corrected chi connectivity index (χ2v) is 9.08. The number of benzene rings is 2. The number of alkyl halides is 3. The molecule has 0 saturated carbocycles. The van der Waals surface area contributed by atoms with E-state index in [9.17, 15) is 13.2 Å². The van der Waals surface area contributed by atoms with Crippen LogP contribution in [0.25, 0.3) is 24.3 Å². The van der Waals surface area contributed by atoms with Crippen molar-refractivity contribution in [2.24, 2.45) is 5.73 Å². The van der Waals surface area contributed by atoms with Crippen molar-refractivity contribution in [1.82, 2.24) is 15.3 Å². The number of rotatable bonds is 14. The lowest BCUT2D eigenvalue weighted by Crippen LogP contribution is -2.33. The Morgan fingerprint density at radius 3 is 1.44 bits per heavy atom. The molecule has 17 heteroatoms. The summed E-state index contributed by atoms with van der Waals surface area (Å²) < 4.78 is 70.1. The Kier molecular flexibility index (Phi) is 14.6. The number of ether oxygens (including phenoxy) is 7. The van der Waals surface area contributed by atoms with E-state index < -0.39 is 12.1 Å². The molecule has 0 bridgehead atoms. The van der Waals surface area contributed by atoms with Gasteiger partial charge >= 0.3 is 18.2 Å². The van der Waals surface area contributed by atoms with Crippen molar-refractivity contribution in [1.29, 1.82) is 5.41 Å². The van der Waals surface area contributed by atoms with Crippen molar-refractivity contribution in [3.05, 3.63) is 52.8 Å². The van der Waals surface area contributed by atoms with Crippen LogP contribution in [0.1, 0.15) is 22.5 Å². The van der Waals surface area contributed by atoms with Gasteiger partial charge < -0.3 is 49.3 Å². The number of carboxylic acid groups (broad SMARTS) is 1. The summed E-state index contributed by atoms with van der Waals surface area (Å²) in [4.78, 5) is 17.9. The molecule has 0 aliphatic heterocycles. The van der Waals surface area contributed by atoms with Crippen molar-refractivity contribution in [3.63, 3.8) is 0 Å². The molecule has 0 aliphatic carbocycles. The fraction of sp³-hybridized carbons (Fsp3) is 0.290. The van der Waals surface area contributed by atoms with E-state index >= 15 is 0 Å². The van der Waals surface area contributed by atoms with E-state index in [4.69, 9.17) is 54.2 Å². The Balaban J connectivity index is 0.00000103. The molecule has 0 spiro atoms. The highest BCUT2D eigenvalue weighted by Crippen LogP contribution is 2.39. The lowest BCUT2D eigenvalue weighted by atomic mass is 10.1. The monoisotopic (exact) mass is 679 g/mol. The summed E-state index contributed by atoms with van der Waals surface area (Å²) in [6, 6.07) is 9.28. The third kappa shape index (κ3) is 11.5. The van der Waals surface area contributed by atoms with Gasteiger partial charge in [-0.25, -0.2) is 4.79 Å². The van der Waals surface area contributed by atoms with E-state index in [0.717, 1.165) is 11.1 Å². The second kappa shape index (κ2) is 18.3. The number of nitrogens with one attached hydrogen (secondary N) is 2. The number of hydrogen-bond acceptors (Lipinski definition) is 11. The molecule has 0 fully saturated rings. The molecular weight excluding hydrogens is 643 g/mol. The maximum absolute atomic E-state index is 10.6. The van der Waals surface area contributed by atoms with Gasteiger partial charge in [0.15, 0.2) is 29.0 Å². The summed E-state index contributed by atoms with van der Waals surface area (Å²) >= 11 is 0. The van der Waals surface area contributed by atoms with Crippen LogP contribution in [0.5, 0.6) is 40.5 Å². The van der Waals surface area contributed by atoms with Crippen LogP contribution in [0.2, 0.25) is 0 Å². The van der Waals surface area contributed by atoms with Crippen LogP contribution < -0.4 is 44.2 Å². The molecule has 14 nitrogen and oxygen atoms in total. The standard InChI is InChI=1S/C29H35N5O7.C2HF3O2/c1-35-22-13-18(14-23(36-2)26(22)39-5)7-9-20-17-21(34-29(33-20)41-12-11-32-28(30)31)10-8-19-15-24(37-3)27(40-6)25(16-19)38-4;3-2(4,5)1(6)7/h7-10,13-17H,11-12H2,1-6H3,(H4,30,31,32);(H,6,7). The zero-order chi connectivity index (χ0) is 35.9. The van der Waals surface area contributed by atoms with E-state index in [2.05, 4.69) is 15.3 Å². The minimum atomic E-state index is -5.08. The molecule has 0 amide bonds. The minimum Gasteiger partial charge on any atom is -0.493 e. The fourth-order valence-corrected chi connectivity index (χ4v) is 3.78. The molecule has 2 aromatic carbocycles. The third-order valence-electron chi connectivity index (χ3n) is 5.90. The third-order valence-corrected chi connectivity index (χ3v) is 5.90. The van der Waals surface area contributed by atoms with E-state index in [0.29, 0.717) is 52.4 Å². The topological polar surface area (TPSA) is 190 Å². The second-order valence-electron chi connectivity index (χ2n) is 9.08. The van der Waals surface area contributed by atoms with Gasteiger partial charge in [-0.1, -0.05) is 12.2 Å². The lowest BCUT2D eigenvalue weighted by Gasteiger charge is -2.13. The van der Waals surface area contributed by atoms with Crippen molar-refractivity contribution >= 4 is 36.2 Å². The number of aliphatic carboxylic acids is 1. The van der Waals surface area contributed by atoms with Crippen LogP contribution in [0.15, 0.2) is 30.3 Å². The Morgan fingerprint density at radius 2 is 1.15 bits per heavy atom. The molecule has 5 N–H and O–H groups in total. The summed E-state index contributed by atoms with van der Waals surface area (Å²) in [7, 11) is 9.35. The molecule has 260 valence electrons. The summed E-state index contributed by atoms with van der Waals surface area (Å²) in [5.41, 5.74) is 8.14. The molecule has 1 aromatic heterocycles. The maximum Gasteiger partial charge on any atom is 0.490 e. The van der Waals surface area contributed by atoms with Crippen molar-refractivity contribution in [2.45, 2.75) is 6.18 Å². The van der Waals surface area contributed by atoms with Crippen molar-refractivity contribution in [2.75, 3.05) is 55.8 Å². The molecule has 0 unspecified atom stereocenters. The summed E-state index contributed by atoms with van der Waals surface area (Å²) in [5.74, 6) is 0.232. The van der Waals surface area contributed by atoms with E-state index in [1.165, 1.54) is 0 Å². The largest absolute Gasteiger partial charge is 0.493 e. The number of nitrogens with two attached hydrogens (primary N) is 1. The van der Waals surface area contributed by atoms with Gasteiger partial charge in [0.1, 0.15) is 6.61 Å². The molecular formula is C31H36F3N5O9. The van der Waals surface area contributed by atoms with E-state index in [-0.39, 0.29) is 18.6 Å². The smallest absolute Gasteiger partial charge is 0.490 e. The molecule has 1 heterocycles. The number of guanidine groups is 1. The molecule has 3 rings (SSSR count). The SMILES string of the molecule is COc1cc(C=Cc2cc(C=Cc3cc(OC)c(OC)c(OC)c3)nc(OCCNC(=N)N)n2)cc(OC)c1OC.O=C(O)C(F)(F)F. The summed E-state index contributed by atoms with van der Waals surface area (Å²) in [6.45, 7) is 0.524. The predicted molar refractivity (Wildman–Crippen MR) is 171 cm³/mol. The average Bonchev–Trinajstić information content (AvgIpc) is 3.06. The van der Waals surface area contributed by atoms with Crippen LogP contribution >= 0.6 is 0 Å². The highest BCUT2D eigenvalue weighted by atomic mass is 19.4. The number of aromatic nitrogens is 2. The first-order valence-electron chi connectivity index (χ1n) is 13.7. The first-order chi connectivity index (χ1) is 22.8. The van der Waals surface area contributed by atoms with Crippen LogP contribution in [-0.4, -0.2) is 89.0 Å². The number of carbonyl (C=O) groups is 1. The van der Waals surface area contributed by atoms with Gasteiger partial charge in [-0.15, -0.1) is 0 Å². The number of halogens is 3.